The van der Waals surface area contributed by atoms with E-state index in [1.54, 1.807) is 0 Å². The van der Waals surface area contributed by atoms with Crippen molar-refractivity contribution in [3.8, 4) is 0 Å². The van der Waals surface area contributed by atoms with Gasteiger partial charge in [-0.25, -0.2) is 4.79 Å². The first-order chi connectivity index (χ1) is 11.9. The number of Topliss-reactive ketones (excluding diaryl/α,β-unsaturated/α-hetero) is 1. The number of nitrogens with one attached hydrogen (secondary N) is 2. The van der Waals surface area contributed by atoms with Gasteiger partial charge in [-0.15, -0.1) is 0 Å². The molecule has 2 aromatic carbocycles. The van der Waals surface area contributed by atoms with E-state index in [1.165, 1.54) is 0 Å². The third-order valence-electron chi connectivity index (χ3n) is 4.18. The van der Waals surface area contributed by atoms with E-state index in [4.69, 9.17) is 0 Å². The second-order valence-electron chi connectivity index (χ2n) is 6.61. The number of carbonyl (C=O) groups is 2. The first-order valence-corrected chi connectivity index (χ1v) is 8.62. The van der Waals surface area contributed by atoms with Gasteiger partial charge in [0.05, 0.1) is 0 Å². The minimum Gasteiger partial charge on any atom is -0.337 e. The Balaban J connectivity index is 1.89. The number of para-hydroxylation sites is 1. The largest absolute Gasteiger partial charge is 0.337 e. The molecular formula is C21H26N2O2. The molecule has 25 heavy (non-hydrogen) atoms. The maximum absolute atomic E-state index is 12.2. The van der Waals surface area contributed by atoms with Crippen molar-refractivity contribution in [1.82, 2.24) is 5.32 Å². The first kappa shape index (κ1) is 18.7. The molecule has 0 heterocycles. The van der Waals surface area contributed by atoms with Crippen molar-refractivity contribution < 1.29 is 9.59 Å². The summed E-state index contributed by atoms with van der Waals surface area (Å²) in [5.41, 5.74) is 4.77. The lowest BCUT2D eigenvalue weighted by Crippen LogP contribution is -2.31. The molecule has 2 amide bonds. The molecule has 0 bridgehead atoms. The maximum atomic E-state index is 12.2. The van der Waals surface area contributed by atoms with E-state index in [0.717, 1.165) is 22.4 Å². The van der Waals surface area contributed by atoms with Gasteiger partial charge in [-0.1, -0.05) is 61.9 Å². The number of ketones is 1. The Kier molecular flexibility index (Phi) is 6.34. The van der Waals surface area contributed by atoms with Crippen molar-refractivity contribution in [1.29, 1.82) is 0 Å². The molecule has 2 aromatic rings. The minimum absolute atomic E-state index is 0.0269. The standard InChI is InChI=1S/C21H26N2O2/c1-14(2)18-7-5-6-16(4)20(18)23-21(25)22-13-12-19(24)17-10-8-15(3)9-11-17/h5-11,14H,12-13H2,1-4H3,(H2,22,23,25). The van der Waals surface area contributed by atoms with Crippen LogP contribution in [-0.4, -0.2) is 18.4 Å². The molecule has 0 unspecified atom stereocenters. The number of benzene rings is 2. The van der Waals surface area contributed by atoms with Gasteiger partial charge in [-0.05, 0) is 30.9 Å². The average molecular weight is 338 g/mol. The molecule has 2 rings (SSSR count). The molecule has 0 radical (unpaired) electrons. The Hall–Kier alpha value is -2.62. The molecule has 0 saturated heterocycles. The van der Waals surface area contributed by atoms with Crippen LogP contribution in [0.5, 0.6) is 0 Å². The average Bonchev–Trinajstić information content (AvgIpc) is 2.57. The zero-order valence-electron chi connectivity index (χ0n) is 15.3. The fraction of sp³-hybridized carbons (Fsp3) is 0.333. The molecule has 0 spiro atoms. The lowest BCUT2D eigenvalue weighted by Gasteiger charge is -2.16. The van der Waals surface area contributed by atoms with Crippen LogP contribution in [0.4, 0.5) is 10.5 Å². The van der Waals surface area contributed by atoms with E-state index < -0.39 is 0 Å². The summed E-state index contributed by atoms with van der Waals surface area (Å²) in [5, 5.41) is 5.69. The number of rotatable bonds is 6. The van der Waals surface area contributed by atoms with Gasteiger partial charge in [0, 0.05) is 24.2 Å². The summed E-state index contributed by atoms with van der Waals surface area (Å²) in [7, 11) is 0. The van der Waals surface area contributed by atoms with Gasteiger partial charge in [0.15, 0.2) is 5.78 Å². The zero-order chi connectivity index (χ0) is 18.4. The number of urea groups is 1. The summed E-state index contributed by atoms with van der Waals surface area (Å²) in [6.45, 7) is 8.46. The summed E-state index contributed by atoms with van der Waals surface area (Å²) >= 11 is 0. The Bertz CT molecular complexity index is 749. The Labute approximate surface area is 149 Å². The molecule has 0 aliphatic rings. The van der Waals surface area contributed by atoms with Crippen LogP contribution in [0.3, 0.4) is 0 Å². The van der Waals surface area contributed by atoms with Gasteiger partial charge < -0.3 is 10.6 Å². The monoisotopic (exact) mass is 338 g/mol. The van der Waals surface area contributed by atoms with Crippen LogP contribution in [0.15, 0.2) is 42.5 Å². The molecule has 0 aliphatic carbocycles. The predicted octanol–water partition coefficient (Wildman–Crippen LogP) is 4.82. The smallest absolute Gasteiger partial charge is 0.319 e. The van der Waals surface area contributed by atoms with Crippen molar-refractivity contribution >= 4 is 17.5 Å². The molecular weight excluding hydrogens is 312 g/mol. The third-order valence-corrected chi connectivity index (χ3v) is 4.18. The molecule has 0 fully saturated rings. The fourth-order valence-corrected chi connectivity index (χ4v) is 2.67. The summed E-state index contributed by atoms with van der Waals surface area (Å²) in [6, 6.07) is 13.2. The van der Waals surface area contributed by atoms with Crippen LogP contribution in [-0.2, 0) is 0 Å². The van der Waals surface area contributed by atoms with Crippen LogP contribution < -0.4 is 10.6 Å². The number of anilines is 1. The lowest BCUT2D eigenvalue weighted by molar-refractivity contribution is 0.0983. The van der Waals surface area contributed by atoms with Crippen molar-refractivity contribution in [2.24, 2.45) is 0 Å². The van der Waals surface area contributed by atoms with Crippen LogP contribution in [0.1, 0.15) is 53.2 Å². The number of carbonyl (C=O) groups excluding carboxylic acids is 2. The lowest BCUT2D eigenvalue weighted by atomic mass is 9.98. The quantitative estimate of drug-likeness (QED) is 0.742. The maximum Gasteiger partial charge on any atom is 0.319 e. The van der Waals surface area contributed by atoms with Gasteiger partial charge in [0.1, 0.15) is 0 Å². The van der Waals surface area contributed by atoms with Crippen LogP contribution in [0.25, 0.3) is 0 Å². The zero-order valence-corrected chi connectivity index (χ0v) is 15.3. The second-order valence-corrected chi connectivity index (χ2v) is 6.61. The van der Waals surface area contributed by atoms with Crippen molar-refractivity contribution in [3.63, 3.8) is 0 Å². The van der Waals surface area contributed by atoms with E-state index in [0.29, 0.717) is 18.0 Å². The van der Waals surface area contributed by atoms with E-state index in [-0.39, 0.29) is 18.2 Å². The van der Waals surface area contributed by atoms with Gasteiger partial charge in [-0.2, -0.15) is 0 Å². The molecule has 4 heteroatoms. The van der Waals surface area contributed by atoms with Crippen LogP contribution in [0.2, 0.25) is 0 Å². The topological polar surface area (TPSA) is 58.2 Å². The van der Waals surface area contributed by atoms with E-state index >= 15 is 0 Å². The molecule has 0 saturated carbocycles. The Morgan fingerprint density at radius 3 is 2.32 bits per heavy atom. The van der Waals surface area contributed by atoms with E-state index in [1.807, 2.05) is 56.3 Å². The third kappa shape index (κ3) is 5.18. The Morgan fingerprint density at radius 2 is 1.68 bits per heavy atom. The van der Waals surface area contributed by atoms with Gasteiger partial charge in [0.2, 0.25) is 0 Å². The summed E-state index contributed by atoms with van der Waals surface area (Å²) in [6.07, 6.45) is 0.279. The molecule has 2 N–H and O–H groups in total. The second kappa shape index (κ2) is 8.47. The molecule has 132 valence electrons. The van der Waals surface area contributed by atoms with Crippen molar-refractivity contribution in [2.75, 3.05) is 11.9 Å². The van der Waals surface area contributed by atoms with E-state index in [9.17, 15) is 9.59 Å². The SMILES string of the molecule is Cc1ccc(C(=O)CCNC(=O)Nc2c(C)cccc2C(C)C)cc1. The molecule has 0 aliphatic heterocycles. The van der Waals surface area contributed by atoms with Crippen LogP contribution >= 0.6 is 0 Å². The normalized spacial score (nSPS) is 10.6. The van der Waals surface area contributed by atoms with Crippen molar-refractivity contribution in [2.45, 2.75) is 40.0 Å². The number of hydrogen-bond acceptors (Lipinski definition) is 2. The first-order valence-electron chi connectivity index (χ1n) is 8.62. The summed E-state index contributed by atoms with van der Waals surface area (Å²) in [5.74, 6) is 0.345. The summed E-state index contributed by atoms with van der Waals surface area (Å²) < 4.78 is 0. The molecule has 4 nitrogen and oxygen atoms in total. The Morgan fingerprint density at radius 1 is 1.00 bits per heavy atom. The summed E-state index contributed by atoms with van der Waals surface area (Å²) in [4.78, 5) is 24.3. The highest BCUT2D eigenvalue weighted by atomic mass is 16.2. The fourth-order valence-electron chi connectivity index (χ4n) is 2.67. The predicted molar refractivity (Wildman–Crippen MR) is 102 cm³/mol. The molecule has 0 aromatic heterocycles. The van der Waals surface area contributed by atoms with Crippen molar-refractivity contribution in [3.05, 3.63) is 64.7 Å². The highest BCUT2D eigenvalue weighted by Crippen LogP contribution is 2.27. The van der Waals surface area contributed by atoms with E-state index in [2.05, 4.69) is 24.5 Å². The minimum atomic E-state index is -0.284. The van der Waals surface area contributed by atoms with Gasteiger partial charge >= 0.3 is 6.03 Å². The highest BCUT2D eigenvalue weighted by molar-refractivity contribution is 5.97. The number of amides is 2. The number of hydrogen-bond donors (Lipinski definition) is 2. The van der Waals surface area contributed by atoms with Crippen LogP contribution in [0, 0.1) is 13.8 Å². The highest BCUT2D eigenvalue weighted by Gasteiger charge is 2.12. The molecule has 0 atom stereocenters. The van der Waals surface area contributed by atoms with Gasteiger partial charge in [0.25, 0.3) is 0 Å². The number of aryl methyl sites for hydroxylation is 2. The van der Waals surface area contributed by atoms with Gasteiger partial charge in [-0.3, -0.25) is 4.79 Å².